The van der Waals surface area contributed by atoms with Gasteiger partial charge in [-0.1, -0.05) is 76.2 Å². The van der Waals surface area contributed by atoms with Gasteiger partial charge in [-0.25, -0.2) is 0 Å². The summed E-state index contributed by atoms with van der Waals surface area (Å²) in [6.45, 7) is 8.80. The molecule has 0 amide bonds. The molecule has 0 saturated carbocycles. The molecular formula is C23H30O. The zero-order chi connectivity index (χ0) is 17.5. The van der Waals surface area contributed by atoms with E-state index in [-0.39, 0.29) is 0 Å². The van der Waals surface area contributed by atoms with Crippen LogP contribution in [0.15, 0.2) is 48.5 Å². The van der Waals surface area contributed by atoms with Crippen LogP contribution in [0.4, 0.5) is 0 Å². The summed E-state index contributed by atoms with van der Waals surface area (Å²) in [7, 11) is 0. The van der Waals surface area contributed by atoms with Crippen LogP contribution in [0.5, 0.6) is 0 Å². The highest BCUT2D eigenvalue weighted by molar-refractivity contribution is 5.78. The van der Waals surface area contributed by atoms with Gasteiger partial charge in [0.15, 0.2) is 0 Å². The van der Waals surface area contributed by atoms with E-state index in [0.717, 1.165) is 12.8 Å². The fourth-order valence-electron chi connectivity index (χ4n) is 2.83. The van der Waals surface area contributed by atoms with Gasteiger partial charge in [0.2, 0.25) is 0 Å². The van der Waals surface area contributed by atoms with Crippen LogP contribution in [-0.4, -0.2) is 5.78 Å². The summed E-state index contributed by atoms with van der Waals surface area (Å²) in [5.41, 5.74) is 5.23. The third-order valence-electron chi connectivity index (χ3n) is 4.68. The maximum atomic E-state index is 12.1. The number of carbonyl (C=O) groups is 1. The Morgan fingerprint density at radius 3 is 1.29 bits per heavy atom. The van der Waals surface area contributed by atoms with Crippen molar-refractivity contribution in [2.45, 2.75) is 65.2 Å². The van der Waals surface area contributed by atoms with E-state index in [1.165, 1.54) is 22.3 Å². The van der Waals surface area contributed by atoms with Gasteiger partial charge in [-0.3, -0.25) is 4.79 Å². The zero-order valence-corrected chi connectivity index (χ0v) is 15.5. The monoisotopic (exact) mass is 322 g/mol. The third kappa shape index (κ3) is 5.63. The van der Waals surface area contributed by atoms with Gasteiger partial charge >= 0.3 is 0 Å². The van der Waals surface area contributed by atoms with E-state index in [0.29, 0.717) is 30.5 Å². The minimum atomic E-state index is 0.357. The summed E-state index contributed by atoms with van der Waals surface area (Å²) in [6.07, 6.45) is 2.99. The van der Waals surface area contributed by atoms with Gasteiger partial charge in [0.25, 0.3) is 0 Å². The molecule has 2 aromatic rings. The van der Waals surface area contributed by atoms with Gasteiger partial charge in [-0.15, -0.1) is 0 Å². The van der Waals surface area contributed by atoms with Crippen LogP contribution in [0.3, 0.4) is 0 Å². The zero-order valence-electron chi connectivity index (χ0n) is 15.5. The smallest absolute Gasteiger partial charge is 0.133 e. The van der Waals surface area contributed by atoms with E-state index in [1.54, 1.807) is 0 Å². The standard InChI is InChI=1S/C23H30O/c1-17(2)21-11-5-19(6-12-21)9-15-23(24)16-10-20-7-13-22(14-8-20)18(3)4/h5-8,11-14,17-18H,9-10,15-16H2,1-4H3. The second-order valence-electron chi connectivity index (χ2n) is 7.33. The van der Waals surface area contributed by atoms with Crippen molar-refractivity contribution >= 4 is 5.78 Å². The predicted molar refractivity (Wildman–Crippen MR) is 103 cm³/mol. The maximum Gasteiger partial charge on any atom is 0.133 e. The number of hydrogen-bond donors (Lipinski definition) is 0. The van der Waals surface area contributed by atoms with Crippen LogP contribution in [0.2, 0.25) is 0 Å². The topological polar surface area (TPSA) is 17.1 Å². The molecule has 0 saturated heterocycles. The molecule has 2 aromatic carbocycles. The molecule has 0 N–H and O–H groups in total. The fourth-order valence-corrected chi connectivity index (χ4v) is 2.83. The minimum Gasteiger partial charge on any atom is -0.300 e. The first kappa shape index (κ1) is 18.4. The highest BCUT2D eigenvalue weighted by atomic mass is 16.1. The lowest BCUT2D eigenvalue weighted by molar-refractivity contribution is -0.119. The van der Waals surface area contributed by atoms with Crippen molar-refractivity contribution in [3.63, 3.8) is 0 Å². The van der Waals surface area contributed by atoms with E-state index in [4.69, 9.17) is 0 Å². The van der Waals surface area contributed by atoms with Crippen LogP contribution in [0.1, 0.15) is 74.6 Å². The first-order chi connectivity index (χ1) is 11.5. The Bertz CT molecular complexity index is 575. The largest absolute Gasteiger partial charge is 0.300 e. The molecule has 0 atom stereocenters. The lowest BCUT2D eigenvalue weighted by Crippen LogP contribution is -2.02. The van der Waals surface area contributed by atoms with Crippen molar-refractivity contribution in [3.8, 4) is 0 Å². The van der Waals surface area contributed by atoms with Crippen LogP contribution < -0.4 is 0 Å². The van der Waals surface area contributed by atoms with Crippen molar-refractivity contribution in [2.75, 3.05) is 0 Å². The molecule has 0 fully saturated rings. The van der Waals surface area contributed by atoms with Gasteiger partial charge in [-0.2, -0.15) is 0 Å². The van der Waals surface area contributed by atoms with Crippen LogP contribution in [-0.2, 0) is 17.6 Å². The Labute approximate surface area is 147 Å². The number of Topliss-reactive ketones (excluding diaryl/α,β-unsaturated/α-hetero) is 1. The molecule has 0 radical (unpaired) electrons. The first-order valence-corrected chi connectivity index (χ1v) is 9.15. The summed E-state index contributed by atoms with van der Waals surface area (Å²) >= 11 is 0. The molecular weight excluding hydrogens is 292 g/mol. The molecule has 24 heavy (non-hydrogen) atoms. The quantitative estimate of drug-likeness (QED) is 0.576. The van der Waals surface area contributed by atoms with Gasteiger partial charge in [0.1, 0.15) is 5.78 Å². The summed E-state index contributed by atoms with van der Waals surface area (Å²) in [5, 5.41) is 0. The summed E-state index contributed by atoms with van der Waals surface area (Å²) in [5.74, 6) is 1.47. The number of aryl methyl sites for hydroxylation is 2. The van der Waals surface area contributed by atoms with E-state index in [1.807, 2.05) is 0 Å². The second-order valence-corrected chi connectivity index (χ2v) is 7.33. The number of carbonyl (C=O) groups excluding carboxylic acids is 1. The highest BCUT2D eigenvalue weighted by Crippen LogP contribution is 2.17. The first-order valence-electron chi connectivity index (χ1n) is 9.15. The van der Waals surface area contributed by atoms with Crippen molar-refractivity contribution in [2.24, 2.45) is 0 Å². The molecule has 1 heteroatoms. The maximum absolute atomic E-state index is 12.1. The minimum absolute atomic E-state index is 0.357. The van der Waals surface area contributed by atoms with Crippen LogP contribution >= 0.6 is 0 Å². The molecule has 0 aliphatic heterocycles. The van der Waals surface area contributed by atoms with E-state index in [9.17, 15) is 4.79 Å². The number of rotatable bonds is 8. The summed E-state index contributed by atoms with van der Waals surface area (Å²) in [4.78, 5) is 12.1. The molecule has 0 spiro atoms. The molecule has 0 bridgehead atoms. The number of hydrogen-bond acceptors (Lipinski definition) is 1. The fraction of sp³-hybridized carbons (Fsp3) is 0.435. The van der Waals surface area contributed by atoms with Crippen LogP contribution in [0, 0.1) is 0 Å². The molecule has 2 rings (SSSR count). The Kier molecular flexibility index (Phi) is 6.78. The second kappa shape index (κ2) is 8.82. The van der Waals surface area contributed by atoms with E-state index < -0.39 is 0 Å². The molecule has 128 valence electrons. The molecule has 0 aliphatic carbocycles. The SMILES string of the molecule is CC(C)c1ccc(CCC(=O)CCc2ccc(C(C)C)cc2)cc1. The van der Waals surface area contributed by atoms with Gasteiger partial charge in [0, 0.05) is 12.8 Å². The average Bonchev–Trinajstić information content (AvgIpc) is 2.58. The summed E-state index contributed by atoms with van der Waals surface area (Å²) < 4.78 is 0. The Morgan fingerprint density at radius 1 is 0.667 bits per heavy atom. The van der Waals surface area contributed by atoms with Crippen LogP contribution in [0.25, 0.3) is 0 Å². The van der Waals surface area contributed by atoms with E-state index in [2.05, 4.69) is 76.2 Å². The van der Waals surface area contributed by atoms with Crippen molar-refractivity contribution < 1.29 is 4.79 Å². The predicted octanol–water partition coefficient (Wildman–Crippen LogP) is 6.07. The third-order valence-corrected chi connectivity index (χ3v) is 4.68. The Morgan fingerprint density at radius 2 is 1.00 bits per heavy atom. The Balaban J connectivity index is 1.76. The average molecular weight is 322 g/mol. The lowest BCUT2D eigenvalue weighted by atomic mass is 9.97. The van der Waals surface area contributed by atoms with Gasteiger partial charge in [0.05, 0.1) is 0 Å². The highest BCUT2D eigenvalue weighted by Gasteiger charge is 2.05. The van der Waals surface area contributed by atoms with Crippen molar-refractivity contribution in [1.82, 2.24) is 0 Å². The number of benzene rings is 2. The van der Waals surface area contributed by atoms with Crippen molar-refractivity contribution in [1.29, 1.82) is 0 Å². The molecule has 0 heterocycles. The van der Waals surface area contributed by atoms with E-state index >= 15 is 0 Å². The lowest BCUT2D eigenvalue weighted by Gasteiger charge is -2.08. The summed E-state index contributed by atoms with van der Waals surface area (Å²) in [6, 6.07) is 17.4. The van der Waals surface area contributed by atoms with Crippen molar-refractivity contribution in [3.05, 3.63) is 70.8 Å². The number of ketones is 1. The molecule has 0 aromatic heterocycles. The molecule has 1 nitrogen and oxygen atoms in total. The molecule has 0 unspecified atom stereocenters. The molecule has 0 aliphatic rings. The van der Waals surface area contributed by atoms with Gasteiger partial charge in [-0.05, 0) is 46.9 Å². The Hall–Kier alpha value is -1.89. The normalized spacial score (nSPS) is 11.2. The van der Waals surface area contributed by atoms with Gasteiger partial charge < -0.3 is 0 Å².